The number of hydrogen-bond donors (Lipinski definition) is 1. The maximum atomic E-state index is 13.1. The molecule has 0 radical (unpaired) electrons. The number of aromatic nitrogens is 4. The van der Waals surface area contributed by atoms with E-state index in [9.17, 15) is 4.39 Å². The molecule has 2 rings (SSSR count). The van der Waals surface area contributed by atoms with Crippen LogP contribution < -0.4 is 5.32 Å². The summed E-state index contributed by atoms with van der Waals surface area (Å²) in [4.78, 5) is 7.91. The summed E-state index contributed by atoms with van der Waals surface area (Å²) in [5, 5.41) is 6.65. The number of hydrogen-bond acceptors (Lipinski definition) is 4. The largest absolute Gasteiger partial charge is 0.371 e. The summed E-state index contributed by atoms with van der Waals surface area (Å²) in [7, 11) is 3.41. The second kappa shape index (κ2) is 3.64. The second-order valence-corrected chi connectivity index (χ2v) is 3.04. The number of anilines is 1. The molecule has 0 saturated carbocycles. The van der Waals surface area contributed by atoms with Crippen molar-refractivity contribution in [1.29, 1.82) is 0 Å². The fraction of sp³-hybridized carbons (Fsp3) is 0.222. The van der Waals surface area contributed by atoms with Crippen LogP contribution in [0.3, 0.4) is 0 Å². The van der Waals surface area contributed by atoms with Crippen molar-refractivity contribution in [3.05, 3.63) is 24.4 Å². The molecule has 15 heavy (non-hydrogen) atoms. The first-order chi connectivity index (χ1) is 7.20. The predicted molar refractivity (Wildman–Crippen MR) is 53.7 cm³/mol. The quantitative estimate of drug-likeness (QED) is 0.800. The van der Waals surface area contributed by atoms with Gasteiger partial charge in [-0.05, 0) is 0 Å². The Kier molecular flexibility index (Phi) is 2.32. The van der Waals surface area contributed by atoms with Crippen molar-refractivity contribution in [2.75, 3.05) is 12.4 Å². The number of aryl methyl sites for hydroxylation is 1. The Bertz CT molecular complexity index is 479. The normalized spacial score (nSPS) is 10.3. The third-order valence-electron chi connectivity index (χ3n) is 1.94. The maximum absolute atomic E-state index is 13.1. The van der Waals surface area contributed by atoms with Crippen molar-refractivity contribution in [2.45, 2.75) is 0 Å². The lowest BCUT2D eigenvalue weighted by molar-refractivity contribution is 0.619. The van der Waals surface area contributed by atoms with Crippen LogP contribution in [0, 0.1) is 5.82 Å². The Hall–Kier alpha value is -1.98. The summed E-state index contributed by atoms with van der Waals surface area (Å²) in [5.41, 5.74) is 0.758. The van der Waals surface area contributed by atoms with Crippen LogP contribution in [0.25, 0.3) is 11.4 Å². The van der Waals surface area contributed by atoms with Crippen molar-refractivity contribution in [2.24, 2.45) is 7.05 Å². The number of halogens is 1. The molecule has 0 saturated heterocycles. The topological polar surface area (TPSA) is 55.6 Å². The lowest BCUT2D eigenvalue weighted by Crippen LogP contribution is -1.99. The van der Waals surface area contributed by atoms with Crippen molar-refractivity contribution < 1.29 is 4.39 Å². The molecule has 1 N–H and O–H groups in total. The molecule has 0 atom stereocenters. The van der Waals surface area contributed by atoms with Crippen LogP contribution in [0.15, 0.2) is 18.6 Å². The van der Waals surface area contributed by atoms with E-state index in [4.69, 9.17) is 0 Å². The monoisotopic (exact) mass is 207 g/mol. The van der Waals surface area contributed by atoms with E-state index < -0.39 is 5.82 Å². The minimum absolute atomic E-state index is 0.184. The molecule has 0 aliphatic heterocycles. The van der Waals surface area contributed by atoms with Crippen LogP contribution in [0.5, 0.6) is 0 Å². The first-order valence-electron chi connectivity index (χ1n) is 4.40. The molecule has 2 heterocycles. The van der Waals surface area contributed by atoms with Gasteiger partial charge in [-0.15, -0.1) is 0 Å². The lowest BCUT2D eigenvalue weighted by atomic mass is 10.3. The summed E-state index contributed by atoms with van der Waals surface area (Å²) in [6.45, 7) is 0. The zero-order chi connectivity index (χ0) is 10.8. The van der Waals surface area contributed by atoms with E-state index in [0.717, 1.165) is 11.8 Å². The Balaban J connectivity index is 2.45. The molecule has 0 unspecified atom stereocenters. The molecular formula is C9H10FN5. The molecular weight excluding hydrogens is 197 g/mol. The molecule has 0 aromatic carbocycles. The van der Waals surface area contributed by atoms with Gasteiger partial charge in [-0.2, -0.15) is 5.10 Å². The molecule has 6 heteroatoms. The van der Waals surface area contributed by atoms with Crippen LogP contribution in [-0.4, -0.2) is 26.8 Å². The van der Waals surface area contributed by atoms with Gasteiger partial charge < -0.3 is 5.32 Å². The third-order valence-corrected chi connectivity index (χ3v) is 1.94. The van der Waals surface area contributed by atoms with Gasteiger partial charge in [0.2, 0.25) is 0 Å². The highest BCUT2D eigenvalue weighted by molar-refractivity contribution is 5.54. The minimum Gasteiger partial charge on any atom is -0.371 e. The van der Waals surface area contributed by atoms with Crippen molar-refractivity contribution in [3.63, 3.8) is 0 Å². The summed E-state index contributed by atoms with van der Waals surface area (Å²) in [6, 6.07) is 0. The number of nitrogens with zero attached hydrogens (tertiary/aromatic N) is 4. The zero-order valence-corrected chi connectivity index (χ0v) is 8.40. The van der Waals surface area contributed by atoms with Gasteiger partial charge in [0, 0.05) is 20.3 Å². The maximum Gasteiger partial charge on any atom is 0.183 e. The summed E-state index contributed by atoms with van der Waals surface area (Å²) < 4.78 is 14.7. The highest BCUT2D eigenvalue weighted by Gasteiger charge is 2.08. The van der Waals surface area contributed by atoms with Crippen molar-refractivity contribution in [3.8, 4) is 11.4 Å². The van der Waals surface area contributed by atoms with Crippen LogP contribution in [0.2, 0.25) is 0 Å². The average molecular weight is 207 g/mol. The fourth-order valence-corrected chi connectivity index (χ4v) is 1.22. The molecule has 5 nitrogen and oxygen atoms in total. The first-order valence-corrected chi connectivity index (χ1v) is 4.40. The first kappa shape index (κ1) is 9.57. The Morgan fingerprint density at radius 1 is 1.40 bits per heavy atom. The molecule has 78 valence electrons. The van der Waals surface area contributed by atoms with Gasteiger partial charge in [-0.1, -0.05) is 0 Å². The molecule has 0 spiro atoms. The molecule has 0 bridgehead atoms. The van der Waals surface area contributed by atoms with E-state index in [1.165, 1.54) is 0 Å². The van der Waals surface area contributed by atoms with E-state index in [1.807, 2.05) is 0 Å². The summed E-state index contributed by atoms with van der Waals surface area (Å²) >= 11 is 0. The number of rotatable bonds is 2. The molecule has 2 aromatic heterocycles. The smallest absolute Gasteiger partial charge is 0.183 e. The Morgan fingerprint density at radius 2 is 2.20 bits per heavy atom. The second-order valence-electron chi connectivity index (χ2n) is 3.04. The van der Waals surface area contributed by atoms with E-state index in [2.05, 4.69) is 20.4 Å². The van der Waals surface area contributed by atoms with Gasteiger partial charge in [0.15, 0.2) is 17.5 Å². The van der Waals surface area contributed by atoms with E-state index in [1.54, 1.807) is 31.2 Å². The molecule has 0 amide bonds. The standard InChI is InChI=1S/C9H10FN5/c1-11-9-7(10)4-12-8(14-9)6-3-13-15(2)5-6/h3-5H,1-2H3,(H,11,12,14). The highest BCUT2D eigenvalue weighted by Crippen LogP contribution is 2.16. The lowest BCUT2D eigenvalue weighted by Gasteiger charge is -2.01. The van der Waals surface area contributed by atoms with Gasteiger partial charge in [0.1, 0.15) is 0 Å². The van der Waals surface area contributed by atoms with Gasteiger partial charge in [-0.25, -0.2) is 14.4 Å². The zero-order valence-electron chi connectivity index (χ0n) is 8.40. The molecule has 0 fully saturated rings. The van der Waals surface area contributed by atoms with Crippen LogP contribution in [0.4, 0.5) is 10.2 Å². The Labute approximate surface area is 86.0 Å². The van der Waals surface area contributed by atoms with Crippen molar-refractivity contribution >= 4 is 5.82 Å². The van der Waals surface area contributed by atoms with Gasteiger partial charge >= 0.3 is 0 Å². The number of nitrogens with one attached hydrogen (secondary N) is 1. The summed E-state index contributed by atoms with van der Waals surface area (Å²) in [6.07, 6.45) is 4.54. The molecule has 0 aliphatic rings. The van der Waals surface area contributed by atoms with Crippen LogP contribution in [0.1, 0.15) is 0 Å². The van der Waals surface area contributed by atoms with Gasteiger partial charge in [-0.3, -0.25) is 4.68 Å². The highest BCUT2D eigenvalue weighted by atomic mass is 19.1. The molecule has 0 aliphatic carbocycles. The van der Waals surface area contributed by atoms with Crippen LogP contribution in [-0.2, 0) is 7.05 Å². The molecule has 2 aromatic rings. The SMILES string of the molecule is CNc1nc(-c2cnn(C)c2)ncc1F. The fourth-order valence-electron chi connectivity index (χ4n) is 1.22. The van der Waals surface area contributed by atoms with E-state index in [0.29, 0.717) is 5.82 Å². The van der Waals surface area contributed by atoms with E-state index in [-0.39, 0.29) is 5.82 Å². The van der Waals surface area contributed by atoms with Crippen molar-refractivity contribution in [1.82, 2.24) is 19.7 Å². The van der Waals surface area contributed by atoms with Crippen LogP contribution >= 0.6 is 0 Å². The third kappa shape index (κ3) is 1.78. The van der Waals surface area contributed by atoms with Gasteiger partial charge in [0.05, 0.1) is 18.0 Å². The predicted octanol–water partition coefficient (Wildman–Crippen LogP) is 1.06. The minimum atomic E-state index is -0.467. The van der Waals surface area contributed by atoms with E-state index >= 15 is 0 Å². The summed E-state index contributed by atoms with van der Waals surface area (Å²) in [5.74, 6) is 0.169. The average Bonchev–Trinajstić information content (AvgIpc) is 2.66. The van der Waals surface area contributed by atoms with Gasteiger partial charge in [0.25, 0.3) is 0 Å². The Morgan fingerprint density at radius 3 is 2.80 bits per heavy atom.